The second-order valence-corrected chi connectivity index (χ2v) is 6.96. The third kappa shape index (κ3) is 3.75. The average Bonchev–Trinajstić information content (AvgIpc) is 3.18. The summed E-state index contributed by atoms with van der Waals surface area (Å²) in [5, 5.41) is 15.9. The molecule has 5 rings (SSSR count). The Bertz CT molecular complexity index is 1400. The van der Waals surface area contributed by atoms with Crippen LogP contribution in [-0.4, -0.2) is 15.8 Å². The summed E-state index contributed by atoms with van der Waals surface area (Å²) in [6.45, 7) is 0. The van der Waals surface area contributed by atoms with Crippen LogP contribution >= 0.6 is 0 Å². The van der Waals surface area contributed by atoms with Gasteiger partial charge in [0.25, 0.3) is 0 Å². The van der Waals surface area contributed by atoms with Gasteiger partial charge in [-0.2, -0.15) is 0 Å². The van der Waals surface area contributed by atoms with Crippen LogP contribution in [0.15, 0.2) is 103 Å². The van der Waals surface area contributed by atoms with E-state index in [-0.39, 0.29) is 0 Å². The molecule has 1 aromatic heterocycles. The van der Waals surface area contributed by atoms with Crippen molar-refractivity contribution in [2.45, 2.75) is 0 Å². The number of nitrogens with zero attached hydrogens (tertiary/aromatic N) is 3. The monoisotopic (exact) mass is 423 g/mol. The normalized spacial score (nSPS) is 10.8. The van der Waals surface area contributed by atoms with Crippen molar-refractivity contribution in [3.05, 3.63) is 114 Å². The highest BCUT2D eigenvalue weighted by Crippen LogP contribution is 2.36. The molecule has 0 saturated heterocycles. The minimum Gasteiger partial charge on any atom is -0.691 e. The first-order chi connectivity index (χ1) is 15.7. The Morgan fingerprint density at radius 2 is 1.34 bits per heavy atom. The number of carbonyl (C=O) groups is 1. The average molecular weight is 423 g/mol. The molecule has 1 heterocycles. The predicted octanol–water partition coefficient (Wildman–Crippen LogP) is 4.94. The van der Waals surface area contributed by atoms with Crippen LogP contribution in [0.4, 0.5) is 0 Å². The summed E-state index contributed by atoms with van der Waals surface area (Å²) in [5.41, 5.74) is 1.03. The van der Waals surface area contributed by atoms with Crippen molar-refractivity contribution in [1.29, 1.82) is 0 Å². The third-order valence-corrected chi connectivity index (χ3v) is 4.81. The summed E-state index contributed by atoms with van der Waals surface area (Å²) in [6, 6.07) is 30.1. The van der Waals surface area contributed by atoms with Crippen molar-refractivity contribution in [3.8, 4) is 23.0 Å². The maximum atomic E-state index is 13.2. The second-order valence-electron chi connectivity index (χ2n) is 6.96. The minimum absolute atomic E-state index is 0.296. The number of benzene rings is 4. The maximum absolute atomic E-state index is 13.2. The fourth-order valence-electron chi connectivity index (χ4n) is 3.29. The van der Waals surface area contributed by atoms with Gasteiger partial charge < -0.3 is 14.7 Å². The molecule has 7 nitrogen and oxygen atoms in total. The summed E-state index contributed by atoms with van der Waals surface area (Å²) in [6.07, 6.45) is 0. The first kappa shape index (κ1) is 19.3. The fourth-order valence-corrected chi connectivity index (χ4v) is 3.29. The summed E-state index contributed by atoms with van der Waals surface area (Å²) in [5.74, 6) is 1.57. The lowest BCUT2D eigenvalue weighted by Crippen LogP contribution is -2.31. The van der Waals surface area contributed by atoms with E-state index in [1.807, 2.05) is 60.7 Å². The molecule has 0 bridgehead atoms. The number of hydrogen-bond donors (Lipinski definition) is 0. The Balaban J connectivity index is 1.55. The van der Waals surface area contributed by atoms with Crippen LogP contribution in [0.25, 0.3) is 11.0 Å². The molecule has 5 aromatic rings. The molecular formula is C25H17N3O4. The quantitative estimate of drug-likeness (QED) is 0.295. The zero-order chi connectivity index (χ0) is 21.9. The van der Waals surface area contributed by atoms with E-state index in [1.165, 1.54) is 0 Å². The number of aromatic nitrogens is 3. The Kier molecular flexibility index (Phi) is 4.97. The van der Waals surface area contributed by atoms with Gasteiger partial charge in [-0.05, 0) is 54.6 Å². The fraction of sp³-hybridized carbons (Fsp3) is 0. The Morgan fingerprint density at radius 3 is 2.03 bits per heavy atom. The number of hydrogen-bond acceptors (Lipinski definition) is 5. The minimum atomic E-state index is -0.458. The van der Waals surface area contributed by atoms with E-state index in [0.717, 1.165) is 4.68 Å². The van der Waals surface area contributed by atoms with E-state index in [1.54, 1.807) is 42.5 Å². The van der Waals surface area contributed by atoms with Gasteiger partial charge in [-0.1, -0.05) is 53.2 Å². The smallest absolute Gasteiger partial charge is 0.366 e. The lowest BCUT2D eigenvalue weighted by Gasteiger charge is -2.13. The molecule has 0 amide bonds. The van der Waals surface area contributed by atoms with Crippen LogP contribution in [0.5, 0.6) is 23.0 Å². The first-order valence-corrected chi connectivity index (χ1v) is 9.91. The zero-order valence-electron chi connectivity index (χ0n) is 16.8. The Morgan fingerprint density at radius 1 is 0.750 bits per heavy atom. The highest BCUT2D eigenvalue weighted by molar-refractivity contribution is 6.00. The van der Waals surface area contributed by atoms with Crippen molar-refractivity contribution < 1.29 is 19.1 Å². The van der Waals surface area contributed by atoms with Gasteiger partial charge in [0.05, 0.1) is 5.56 Å². The van der Waals surface area contributed by atoms with E-state index in [9.17, 15) is 10.0 Å². The molecule has 0 fully saturated rings. The number of rotatable bonds is 5. The molecule has 156 valence electrons. The second kappa shape index (κ2) is 8.23. The molecule has 32 heavy (non-hydrogen) atoms. The van der Waals surface area contributed by atoms with Gasteiger partial charge in [0.1, 0.15) is 16.7 Å². The van der Waals surface area contributed by atoms with Crippen LogP contribution in [-0.2, 0) is 0 Å². The van der Waals surface area contributed by atoms with Crippen molar-refractivity contribution in [1.82, 2.24) is 9.90 Å². The van der Waals surface area contributed by atoms with Gasteiger partial charge in [0.15, 0.2) is 11.5 Å². The van der Waals surface area contributed by atoms with Gasteiger partial charge >= 0.3 is 5.91 Å². The van der Waals surface area contributed by atoms with E-state index in [4.69, 9.17) is 9.47 Å². The number of para-hydroxylation sites is 4. The molecule has 0 aliphatic rings. The molecule has 0 saturated carbocycles. The van der Waals surface area contributed by atoms with E-state index < -0.39 is 5.91 Å². The molecule has 0 atom stereocenters. The summed E-state index contributed by atoms with van der Waals surface area (Å²) in [7, 11) is 0. The van der Waals surface area contributed by atoms with Crippen LogP contribution in [0.3, 0.4) is 0 Å². The lowest BCUT2D eigenvalue weighted by molar-refractivity contribution is -0.645. The predicted molar refractivity (Wildman–Crippen MR) is 118 cm³/mol. The molecule has 0 radical (unpaired) electrons. The molecule has 0 spiro atoms. The summed E-state index contributed by atoms with van der Waals surface area (Å²) in [4.78, 5) is 13.6. The van der Waals surface area contributed by atoms with Crippen LogP contribution in [0.1, 0.15) is 10.4 Å². The van der Waals surface area contributed by atoms with Gasteiger partial charge in [-0.3, -0.25) is 0 Å². The molecule has 0 aliphatic heterocycles. The van der Waals surface area contributed by atoms with E-state index in [2.05, 4.69) is 5.21 Å². The van der Waals surface area contributed by atoms with Crippen molar-refractivity contribution >= 4 is 16.9 Å². The first-order valence-electron chi connectivity index (χ1n) is 9.91. The Hall–Kier alpha value is -4.65. The van der Waals surface area contributed by atoms with Crippen LogP contribution in [0.2, 0.25) is 0 Å². The van der Waals surface area contributed by atoms with Crippen LogP contribution < -0.4 is 14.3 Å². The van der Waals surface area contributed by atoms with Crippen molar-refractivity contribution in [3.63, 3.8) is 0 Å². The standard InChI is InChI=1S/C25H17N3O4/c29-25(27-21-13-7-8-14-22(21)28(30)26-27)18-15-16-23(31-19-9-3-1-4-10-19)24(17-18)32-20-11-5-2-6-12-20/h1-17H. The lowest BCUT2D eigenvalue weighted by atomic mass is 10.2. The third-order valence-electron chi connectivity index (χ3n) is 4.81. The highest BCUT2D eigenvalue weighted by Gasteiger charge is 2.24. The van der Waals surface area contributed by atoms with Gasteiger partial charge in [-0.25, -0.2) is 4.79 Å². The van der Waals surface area contributed by atoms with Crippen molar-refractivity contribution in [2.24, 2.45) is 0 Å². The largest absolute Gasteiger partial charge is 0.691 e. The SMILES string of the molecule is O=C(c1ccc(Oc2ccccc2)c(Oc2ccccc2)c1)n1n[n+]([O-])c2ccccc21. The molecule has 0 unspecified atom stereocenters. The molecule has 0 N–H and O–H groups in total. The van der Waals surface area contributed by atoms with E-state index in [0.29, 0.717) is 44.4 Å². The summed E-state index contributed by atoms with van der Waals surface area (Å²) >= 11 is 0. The van der Waals surface area contributed by atoms with Gasteiger partial charge in [0, 0.05) is 0 Å². The zero-order valence-corrected chi connectivity index (χ0v) is 16.8. The number of fused-ring (bicyclic) bond motifs is 1. The topological polar surface area (TPSA) is 80.3 Å². The molecule has 7 heteroatoms. The van der Waals surface area contributed by atoms with Crippen molar-refractivity contribution in [2.75, 3.05) is 0 Å². The van der Waals surface area contributed by atoms with Crippen LogP contribution in [0, 0.1) is 5.21 Å². The summed E-state index contributed by atoms with van der Waals surface area (Å²) < 4.78 is 13.1. The van der Waals surface area contributed by atoms with E-state index >= 15 is 0 Å². The maximum Gasteiger partial charge on any atom is 0.366 e. The highest BCUT2D eigenvalue weighted by atomic mass is 16.5. The number of ether oxygens (including phenoxy) is 2. The van der Waals surface area contributed by atoms with Gasteiger partial charge in [0.2, 0.25) is 11.0 Å². The molecule has 4 aromatic carbocycles. The van der Waals surface area contributed by atoms with Gasteiger partial charge in [-0.15, -0.1) is 4.85 Å². The molecule has 0 aliphatic carbocycles. The Labute approximate surface area is 183 Å². The number of carbonyl (C=O) groups excluding carboxylic acids is 1. The molecular weight excluding hydrogens is 406 g/mol.